The largest absolute Gasteiger partial charge is 0.457 e. The number of halogens is 2. The first-order valence-corrected chi connectivity index (χ1v) is 9.86. The van der Waals surface area contributed by atoms with Crippen LogP contribution in [0.4, 0.5) is 9.52 Å². The highest BCUT2D eigenvalue weighted by Gasteiger charge is 2.15. The van der Waals surface area contributed by atoms with E-state index in [0.717, 1.165) is 11.4 Å². The topological polar surface area (TPSA) is 91.8 Å². The third kappa shape index (κ3) is 5.28. The molecule has 9 heteroatoms. The maximum absolute atomic E-state index is 13.3. The molecule has 0 radical (unpaired) electrons. The first kappa shape index (κ1) is 20.7. The molecule has 0 saturated carbocycles. The molecule has 1 N–H and O–H groups in total. The quantitative estimate of drug-likeness (QED) is 0.421. The molecule has 0 aliphatic rings. The van der Waals surface area contributed by atoms with Crippen molar-refractivity contribution < 1.29 is 13.6 Å². The Morgan fingerprint density at radius 2 is 2.17 bits per heavy atom. The average Bonchev–Trinajstić information content (AvgIpc) is 3.31. The molecule has 0 unspecified atom stereocenters. The Morgan fingerprint density at radius 3 is 2.86 bits per heavy atom. The Morgan fingerprint density at radius 1 is 1.38 bits per heavy atom. The van der Waals surface area contributed by atoms with Crippen molar-refractivity contribution >= 4 is 40.1 Å². The van der Waals surface area contributed by atoms with E-state index < -0.39 is 11.7 Å². The Hall–Kier alpha value is -3.02. The minimum absolute atomic E-state index is 0.0259. The fraction of sp³-hybridized carbons (Fsp3) is 0.200. The predicted molar refractivity (Wildman–Crippen MR) is 110 cm³/mol. The third-order valence-electron chi connectivity index (χ3n) is 3.75. The summed E-state index contributed by atoms with van der Waals surface area (Å²) < 4.78 is 18.9. The molecule has 3 rings (SSSR count). The lowest BCUT2D eigenvalue weighted by Crippen LogP contribution is -2.13. The summed E-state index contributed by atoms with van der Waals surface area (Å²) in [7, 11) is 0. The number of carbonyl (C=O) groups excluding carboxylic acids is 1. The molecule has 0 atom stereocenters. The Labute approximate surface area is 175 Å². The molecule has 0 saturated heterocycles. The molecular weight excluding hydrogens is 415 g/mol. The minimum Gasteiger partial charge on any atom is -0.457 e. The summed E-state index contributed by atoms with van der Waals surface area (Å²) in [6.45, 7) is 4.13. The van der Waals surface area contributed by atoms with Crippen LogP contribution < -0.4 is 5.32 Å². The highest BCUT2D eigenvalue weighted by Crippen LogP contribution is 2.27. The van der Waals surface area contributed by atoms with E-state index in [1.807, 2.05) is 6.07 Å². The number of benzene rings is 1. The van der Waals surface area contributed by atoms with E-state index in [0.29, 0.717) is 28.1 Å². The summed E-state index contributed by atoms with van der Waals surface area (Å²) in [6, 6.07) is 9.29. The van der Waals surface area contributed by atoms with Crippen molar-refractivity contribution in [3.05, 3.63) is 57.5 Å². The number of nitrogens with one attached hydrogen (secondary N) is 1. The van der Waals surface area contributed by atoms with Gasteiger partial charge in [0.25, 0.3) is 5.91 Å². The van der Waals surface area contributed by atoms with Crippen molar-refractivity contribution in [2.75, 3.05) is 5.32 Å². The number of amides is 1. The van der Waals surface area contributed by atoms with Gasteiger partial charge in [0.2, 0.25) is 5.13 Å². The number of nitrogens with zero attached hydrogens (tertiary/aromatic N) is 3. The van der Waals surface area contributed by atoms with Gasteiger partial charge in [0.1, 0.15) is 34.0 Å². The van der Waals surface area contributed by atoms with E-state index in [2.05, 4.69) is 29.4 Å². The lowest BCUT2D eigenvalue weighted by Gasteiger charge is -2.00. The van der Waals surface area contributed by atoms with Crippen LogP contribution in [0.15, 0.2) is 40.3 Å². The van der Waals surface area contributed by atoms with Crippen LogP contribution in [0.5, 0.6) is 0 Å². The van der Waals surface area contributed by atoms with Crippen LogP contribution in [0.2, 0.25) is 5.02 Å². The normalized spacial score (nSPS) is 11.5. The summed E-state index contributed by atoms with van der Waals surface area (Å²) in [5, 5.41) is 21.0. The van der Waals surface area contributed by atoms with E-state index >= 15 is 0 Å². The number of hydrogen-bond donors (Lipinski definition) is 1. The van der Waals surface area contributed by atoms with Gasteiger partial charge in [-0.15, -0.1) is 10.2 Å². The zero-order chi connectivity index (χ0) is 21.0. The van der Waals surface area contributed by atoms with Crippen LogP contribution in [0.1, 0.15) is 24.6 Å². The second kappa shape index (κ2) is 8.99. The molecule has 0 fully saturated rings. The molecule has 148 valence electrons. The number of hydrogen-bond acceptors (Lipinski definition) is 6. The first-order valence-electron chi connectivity index (χ1n) is 8.66. The fourth-order valence-electron chi connectivity index (χ4n) is 2.43. The molecule has 1 amide bonds. The predicted octanol–water partition coefficient (Wildman–Crippen LogP) is 5.33. The average molecular weight is 431 g/mol. The monoisotopic (exact) mass is 430 g/mol. The van der Waals surface area contributed by atoms with E-state index in [1.165, 1.54) is 35.6 Å². The van der Waals surface area contributed by atoms with Crippen molar-refractivity contribution in [1.29, 1.82) is 5.26 Å². The maximum Gasteiger partial charge on any atom is 0.268 e. The number of furan rings is 1. The number of anilines is 1. The van der Waals surface area contributed by atoms with Gasteiger partial charge in [0.05, 0.1) is 5.02 Å². The zero-order valence-corrected chi connectivity index (χ0v) is 17.1. The van der Waals surface area contributed by atoms with Crippen molar-refractivity contribution in [2.24, 2.45) is 5.92 Å². The Balaban J connectivity index is 1.75. The van der Waals surface area contributed by atoms with Gasteiger partial charge in [-0.05, 0) is 36.2 Å². The SMILES string of the molecule is CC(C)Cc1nnc(NC(=O)/C(C#N)=C\c2ccc(-c3ccc(F)c(Cl)c3)o2)s1. The van der Waals surface area contributed by atoms with Gasteiger partial charge in [0.15, 0.2) is 0 Å². The van der Waals surface area contributed by atoms with Crippen LogP contribution in [0.25, 0.3) is 17.4 Å². The molecule has 29 heavy (non-hydrogen) atoms. The van der Waals surface area contributed by atoms with E-state index in [-0.39, 0.29) is 10.6 Å². The molecular formula is C20H16ClFN4O2S. The highest BCUT2D eigenvalue weighted by molar-refractivity contribution is 7.15. The lowest BCUT2D eigenvalue weighted by molar-refractivity contribution is -0.112. The smallest absolute Gasteiger partial charge is 0.268 e. The van der Waals surface area contributed by atoms with Crippen molar-refractivity contribution in [2.45, 2.75) is 20.3 Å². The molecule has 0 aliphatic carbocycles. The summed E-state index contributed by atoms with van der Waals surface area (Å²) >= 11 is 7.06. The van der Waals surface area contributed by atoms with Crippen LogP contribution in [0.3, 0.4) is 0 Å². The molecule has 3 aromatic rings. The van der Waals surface area contributed by atoms with Crippen LogP contribution in [-0.4, -0.2) is 16.1 Å². The summed E-state index contributed by atoms with van der Waals surface area (Å²) in [4.78, 5) is 12.4. The Bertz CT molecular complexity index is 1110. The van der Waals surface area contributed by atoms with Crippen molar-refractivity contribution in [3.8, 4) is 17.4 Å². The highest BCUT2D eigenvalue weighted by atomic mass is 35.5. The van der Waals surface area contributed by atoms with Gasteiger partial charge in [0, 0.05) is 18.1 Å². The number of rotatable bonds is 6. The van der Waals surface area contributed by atoms with E-state index in [9.17, 15) is 14.4 Å². The molecule has 0 spiro atoms. The molecule has 0 bridgehead atoms. The van der Waals surface area contributed by atoms with Gasteiger partial charge in [-0.2, -0.15) is 5.26 Å². The Kier molecular flexibility index (Phi) is 6.42. The number of nitriles is 1. The summed E-state index contributed by atoms with van der Waals surface area (Å²) in [5.74, 6) is 0.00897. The van der Waals surface area contributed by atoms with Gasteiger partial charge in [-0.1, -0.05) is 36.8 Å². The van der Waals surface area contributed by atoms with Crippen molar-refractivity contribution in [1.82, 2.24) is 10.2 Å². The van der Waals surface area contributed by atoms with Crippen LogP contribution in [0, 0.1) is 23.1 Å². The number of aromatic nitrogens is 2. The first-order chi connectivity index (χ1) is 13.9. The second-order valence-corrected chi connectivity index (χ2v) is 8.02. The van der Waals surface area contributed by atoms with E-state index in [4.69, 9.17) is 16.0 Å². The zero-order valence-electron chi connectivity index (χ0n) is 15.6. The molecule has 2 heterocycles. The van der Waals surface area contributed by atoms with Gasteiger partial charge < -0.3 is 4.42 Å². The molecule has 0 aliphatic heterocycles. The van der Waals surface area contributed by atoms with Crippen LogP contribution in [-0.2, 0) is 11.2 Å². The van der Waals surface area contributed by atoms with Crippen molar-refractivity contribution in [3.63, 3.8) is 0 Å². The third-order valence-corrected chi connectivity index (χ3v) is 4.90. The second-order valence-electron chi connectivity index (χ2n) is 6.55. The lowest BCUT2D eigenvalue weighted by atomic mass is 10.1. The van der Waals surface area contributed by atoms with Gasteiger partial charge in [-0.3, -0.25) is 10.1 Å². The fourth-order valence-corrected chi connectivity index (χ4v) is 3.55. The molecule has 6 nitrogen and oxygen atoms in total. The standard InChI is InChI=1S/C20H16ClFN4O2S/c1-11(2)7-18-25-26-20(29-18)24-19(27)13(10-23)8-14-4-6-17(28-14)12-3-5-16(22)15(21)9-12/h3-6,8-9,11H,7H2,1-2H3,(H,24,26,27)/b13-8-. The minimum atomic E-state index is -0.609. The summed E-state index contributed by atoms with van der Waals surface area (Å²) in [5.41, 5.74) is 0.425. The van der Waals surface area contributed by atoms with E-state index in [1.54, 1.807) is 12.1 Å². The van der Waals surface area contributed by atoms with Gasteiger partial charge >= 0.3 is 0 Å². The molecule has 2 aromatic heterocycles. The van der Waals surface area contributed by atoms with Crippen LogP contribution >= 0.6 is 22.9 Å². The maximum atomic E-state index is 13.3. The molecule has 1 aromatic carbocycles. The number of carbonyl (C=O) groups is 1. The summed E-state index contributed by atoms with van der Waals surface area (Å²) in [6.07, 6.45) is 2.08. The van der Waals surface area contributed by atoms with Gasteiger partial charge in [-0.25, -0.2) is 4.39 Å².